The fraction of sp³-hybridized carbons (Fsp3) is 0.353. The summed E-state index contributed by atoms with van der Waals surface area (Å²) in [5, 5.41) is 3.26. The third kappa shape index (κ3) is 4.72. The number of carbonyl (C=O) groups excluding carboxylic acids is 1. The Morgan fingerprint density at radius 1 is 1.17 bits per heavy atom. The first-order valence-electron chi connectivity index (χ1n) is 7.69. The predicted molar refractivity (Wildman–Crippen MR) is 90.1 cm³/mol. The van der Waals surface area contributed by atoms with E-state index >= 15 is 0 Å². The molecule has 1 aliphatic rings. The number of rotatable bonds is 4. The van der Waals surface area contributed by atoms with Crippen LogP contribution in [0.25, 0.3) is 0 Å². The summed E-state index contributed by atoms with van der Waals surface area (Å²) in [5.74, 6) is 1.03. The van der Waals surface area contributed by atoms with Gasteiger partial charge in [-0.2, -0.15) is 0 Å². The molecule has 0 saturated carbocycles. The zero-order valence-electron chi connectivity index (χ0n) is 13.2. The minimum atomic E-state index is -0.310. The van der Waals surface area contributed by atoms with Gasteiger partial charge in [0.05, 0.1) is 0 Å². The van der Waals surface area contributed by atoms with Gasteiger partial charge in [0.25, 0.3) is 5.91 Å². The lowest BCUT2D eigenvalue weighted by Crippen LogP contribution is -2.33. The van der Waals surface area contributed by atoms with Crippen LogP contribution < -0.4 is 10.1 Å². The highest BCUT2D eigenvalue weighted by Crippen LogP contribution is 2.16. The van der Waals surface area contributed by atoms with Gasteiger partial charge >= 0.3 is 0 Å². The van der Waals surface area contributed by atoms with E-state index in [0.717, 1.165) is 26.1 Å². The molecular weight excluding hydrogens is 335 g/mol. The Morgan fingerprint density at radius 3 is 2.75 bits per heavy atom. The highest BCUT2D eigenvalue weighted by atomic mass is 35.5. The van der Waals surface area contributed by atoms with Gasteiger partial charge in [-0.15, -0.1) is 12.4 Å². The van der Waals surface area contributed by atoms with Crippen LogP contribution in [0, 0.1) is 5.82 Å². The number of nitrogens with zero attached hydrogens (tertiary/aromatic N) is 1. The molecule has 1 aromatic heterocycles. The molecule has 1 amide bonds. The van der Waals surface area contributed by atoms with E-state index in [4.69, 9.17) is 9.15 Å². The van der Waals surface area contributed by atoms with Crippen LogP contribution >= 0.6 is 12.4 Å². The van der Waals surface area contributed by atoms with Gasteiger partial charge in [-0.3, -0.25) is 4.79 Å². The van der Waals surface area contributed by atoms with Crippen molar-refractivity contribution in [2.75, 3.05) is 26.2 Å². The maximum Gasteiger partial charge on any atom is 0.289 e. The van der Waals surface area contributed by atoms with Crippen molar-refractivity contribution in [1.29, 1.82) is 0 Å². The van der Waals surface area contributed by atoms with Gasteiger partial charge in [0.1, 0.15) is 23.9 Å². The number of ether oxygens (including phenoxy) is 1. The fourth-order valence-corrected chi connectivity index (χ4v) is 2.46. The van der Waals surface area contributed by atoms with Crippen molar-refractivity contribution in [2.45, 2.75) is 13.0 Å². The van der Waals surface area contributed by atoms with Crippen LogP contribution in [0.2, 0.25) is 0 Å². The Labute approximate surface area is 146 Å². The third-order valence-electron chi connectivity index (χ3n) is 3.69. The van der Waals surface area contributed by atoms with E-state index in [1.807, 2.05) is 0 Å². The van der Waals surface area contributed by atoms with Crippen molar-refractivity contribution >= 4 is 18.3 Å². The van der Waals surface area contributed by atoms with E-state index in [0.29, 0.717) is 23.8 Å². The van der Waals surface area contributed by atoms with Crippen molar-refractivity contribution in [3.8, 4) is 5.75 Å². The number of benzene rings is 1. The first-order valence-corrected chi connectivity index (χ1v) is 7.69. The molecule has 24 heavy (non-hydrogen) atoms. The molecule has 5 nitrogen and oxygen atoms in total. The molecule has 0 aliphatic carbocycles. The van der Waals surface area contributed by atoms with Crippen LogP contribution in [-0.4, -0.2) is 37.0 Å². The lowest BCUT2D eigenvalue weighted by atomic mass is 10.3. The lowest BCUT2D eigenvalue weighted by Gasteiger charge is -2.18. The van der Waals surface area contributed by atoms with Crippen LogP contribution in [0.5, 0.6) is 5.75 Å². The second-order valence-electron chi connectivity index (χ2n) is 5.40. The Hall–Kier alpha value is -2.05. The van der Waals surface area contributed by atoms with Gasteiger partial charge in [-0.1, -0.05) is 0 Å². The molecule has 2 aromatic rings. The maximum absolute atomic E-state index is 12.8. The minimum Gasteiger partial charge on any atom is -0.486 e. The Kier molecular flexibility index (Phi) is 6.63. The fourth-order valence-electron chi connectivity index (χ4n) is 2.46. The summed E-state index contributed by atoms with van der Waals surface area (Å²) in [6, 6.07) is 9.17. The monoisotopic (exact) mass is 354 g/mol. The Balaban J connectivity index is 0.00000208. The molecule has 0 unspecified atom stereocenters. The average Bonchev–Trinajstić information content (AvgIpc) is 2.87. The summed E-state index contributed by atoms with van der Waals surface area (Å²) in [7, 11) is 0. The molecule has 0 bridgehead atoms. The van der Waals surface area contributed by atoms with Crippen LogP contribution in [0.15, 0.2) is 40.8 Å². The molecule has 7 heteroatoms. The topological polar surface area (TPSA) is 54.7 Å². The zero-order chi connectivity index (χ0) is 16.1. The highest BCUT2D eigenvalue weighted by molar-refractivity contribution is 5.91. The summed E-state index contributed by atoms with van der Waals surface area (Å²) < 4.78 is 23.9. The summed E-state index contributed by atoms with van der Waals surface area (Å²) in [5.41, 5.74) is 0. The molecule has 1 saturated heterocycles. The van der Waals surface area contributed by atoms with Crippen molar-refractivity contribution in [1.82, 2.24) is 10.2 Å². The van der Waals surface area contributed by atoms with Gasteiger partial charge in [-0.05, 0) is 49.4 Å². The molecule has 1 aliphatic heterocycles. The molecule has 1 fully saturated rings. The largest absolute Gasteiger partial charge is 0.486 e. The zero-order valence-corrected chi connectivity index (χ0v) is 14.0. The van der Waals surface area contributed by atoms with E-state index in [9.17, 15) is 9.18 Å². The van der Waals surface area contributed by atoms with E-state index < -0.39 is 0 Å². The van der Waals surface area contributed by atoms with Crippen LogP contribution in [0.1, 0.15) is 22.7 Å². The lowest BCUT2D eigenvalue weighted by molar-refractivity contribution is 0.0730. The normalized spacial score (nSPS) is 14.6. The Bertz CT molecular complexity index is 652. The van der Waals surface area contributed by atoms with Crippen LogP contribution in [0.3, 0.4) is 0 Å². The van der Waals surface area contributed by atoms with Crippen LogP contribution in [-0.2, 0) is 6.61 Å². The molecular formula is C17H20ClFN2O3. The highest BCUT2D eigenvalue weighted by Gasteiger charge is 2.20. The summed E-state index contributed by atoms with van der Waals surface area (Å²) in [6.07, 6.45) is 0.937. The SMILES string of the molecule is Cl.O=C(c1ccc(COc2ccc(F)cc2)o1)N1CCCNCC1. The van der Waals surface area contributed by atoms with Crippen LogP contribution in [0.4, 0.5) is 4.39 Å². The van der Waals surface area contributed by atoms with Crippen molar-refractivity contribution in [2.24, 2.45) is 0 Å². The molecule has 0 atom stereocenters. The number of hydrogen-bond donors (Lipinski definition) is 1. The van der Waals surface area contributed by atoms with Gasteiger partial charge in [0, 0.05) is 19.6 Å². The molecule has 130 valence electrons. The standard InChI is InChI=1S/C17H19FN2O3.ClH/c18-13-2-4-14(5-3-13)22-12-15-6-7-16(23-15)17(21)20-10-1-8-19-9-11-20;/h2-7,19H,1,8-12H2;1H. The van der Waals surface area contributed by atoms with Crippen molar-refractivity contribution < 1.29 is 18.3 Å². The second-order valence-corrected chi connectivity index (χ2v) is 5.40. The number of halogens is 2. The molecule has 2 heterocycles. The third-order valence-corrected chi connectivity index (χ3v) is 3.69. The van der Waals surface area contributed by atoms with Gasteiger partial charge in [-0.25, -0.2) is 4.39 Å². The Morgan fingerprint density at radius 2 is 1.96 bits per heavy atom. The first-order chi connectivity index (χ1) is 11.2. The molecule has 3 rings (SSSR count). The number of nitrogens with one attached hydrogen (secondary N) is 1. The van der Waals surface area contributed by atoms with Gasteiger partial charge < -0.3 is 19.4 Å². The second kappa shape index (κ2) is 8.70. The molecule has 0 radical (unpaired) electrons. The smallest absolute Gasteiger partial charge is 0.289 e. The molecule has 1 aromatic carbocycles. The van der Waals surface area contributed by atoms with Gasteiger partial charge in [0.2, 0.25) is 0 Å². The van der Waals surface area contributed by atoms with E-state index in [1.54, 1.807) is 29.2 Å². The quantitative estimate of drug-likeness (QED) is 0.917. The first kappa shape index (κ1) is 18.3. The van der Waals surface area contributed by atoms with E-state index in [2.05, 4.69) is 5.32 Å². The summed E-state index contributed by atoms with van der Waals surface area (Å²) in [6.45, 7) is 3.33. The predicted octanol–water partition coefficient (Wildman–Crippen LogP) is 2.86. The van der Waals surface area contributed by atoms with Gasteiger partial charge in [0.15, 0.2) is 5.76 Å². The minimum absolute atomic E-state index is 0. The number of hydrogen-bond acceptors (Lipinski definition) is 4. The van der Waals surface area contributed by atoms with Crippen molar-refractivity contribution in [3.63, 3.8) is 0 Å². The maximum atomic E-state index is 12.8. The molecule has 1 N–H and O–H groups in total. The summed E-state index contributed by atoms with van der Waals surface area (Å²) >= 11 is 0. The van der Waals surface area contributed by atoms with E-state index in [1.165, 1.54) is 12.1 Å². The average molecular weight is 355 g/mol. The number of furan rings is 1. The van der Waals surface area contributed by atoms with Crippen molar-refractivity contribution in [3.05, 3.63) is 53.7 Å². The molecule has 0 spiro atoms. The number of amides is 1. The summed E-state index contributed by atoms with van der Waals surface area (Å²) in [4.78, 5) is 14.2. The number of carbonyl (C=O) groups is 1. The van der Waals surface area contributed by atoms with E-state index in [-0.39, 0.29) is 30.7 Å².